The van der Waals surface area contributed by atoms with E-state index in [0.29, 0.717) is 25.3 Å². The van der Waals surface area contributed by atoms with Gasteiger partial charge in [0.1, 0.15) is 5.82 Å². The van der Waals surface area contributed by atoms with E-state index in [1.165, 1.54) is 12.1 Å². The molecule has 1 aromatic carbocycles. The van der Waals surface area contributed by atoms with E-state index in [1.807, 2.05) is 0 Å². The summed E-state index contributed by atoms with van der Waals surface area (Å²) in [6.07, 6.45) is 0.180. The molecule has 5 heteroatoms. The van der Waals surface area contributed by atoms with Gasteiger partial charge in [0.05, 0.1) is 19.3 Å². The first-order valence-electron chi connectivity index (χ1n) is 6.07. The smallest absolute Gasteiger partial charge is 0.123 e. The Bertz CT molecular complexity index is 319. The number of halogens is 1. The molecule has 0 heterocycles. The normalized spacial score (nSPS) is 12.6. The molecule has 0 saturated carbocycles. The molecule has 1 rings (SSSR count). The van der Waals surface area contributed by atoms with Crippen LogP contribution in [0.1, 0.15) is 18.1 Å². The van der Waals surface area contributed by atoms with E-state index < -0.39 is 6.10 Å². The summed E-state index contributed by atoms with van der Waals surface area (Å²) in [5.74, 6) is -0.306. The quantitative estimate of drug-likeness (QED) is 0.574. The van der Waals surface area contributed by atoms with Gasteiger partial charge in [-0.05, 0) is 30.7 Å². The fourth-order valence-corrected chi connectivity index (χ4v) is 1.51. The summed E-state index contributed by atoms with van der Waals surface area (Å²) in [6.45, 7) is 2.13. The first-order chi connectivity index (χ1) is 8.74. The molecule has 3 N–H and O–H groups in total. The van der Waals surface area contributed by atoms with Gasteiger partial charge < -0.3 is 20.3 Å². The standard InChI is InChI=1S/C13H20FNO3/c14-12-4-2-11(3-5-12)13(17)10-15-6-1-8-18-9-7-16/h2-5,13,15-17H,1,6-10H2. The van der Waals surface area contributed by atoms with Gasteiger partial charge in [0.15, 0.2) is 0 Å². The van der Waals surface area contributed by atoms with Crippen molar-refractivity contribution >= 4 is 0 Å². The second kappa shape index (κ2) is 8.99. The van der Waals surface area contributed by atoms with Crippen LogP contribution in [0.25, 0.3) is 0 Å². The largest absolute Gasteiger partial charge is 0.394 e. The molecule has 0 fully saturated rings. The summed E-state index contributed by atoms with van der Waals surface area (Å²) in [5, 5.41) is 21.4. The van der Waals surface area contributed by atoms with Crippen LogP contribution >= 0.6 is 0 Å². The predicted octanol–water partition coefficient (Wildman–Crippen LogP) is 0.848. The van der Waals surface area contributed by atoms with Gasteiger partial charge in [0.25, 0.3) is 0 Å². The molecule has 0 aromatic heterocycles. The van der Waals surface area contributed by atoms with Gasteiger partial charge in [0.2, 0.25) is 0 Å². The van der Waals surface area contributed by atoms with Gasteiger partial charge in [-0.15, -0.1) is 0 Å². The topological polar surface area (TPSA) is 61.7 Å². The summed E-state index contributed by atoms with van der Waals surface area (Å²) in [4.78, 5) is 0. The Morgan fingerprint density at radius 2 is 1.94 bits per heavy atom. The number of aliphatic hydroxyl groups is 2. The highest BCUT2D eigenvalue weighted by Gasteiger charge is 2.06. The van der Waals surface area contributed by atoms with E-state index >= 15 is 0 Å². The van der Waals surface area contributed by atoms with Crippen LogP contribution in [-0.2, 0) is 4.74 Å². The van der Waals surface area contributed by atoms with Crippen LogP contribution in [0.5, 0.6) is 0 Å². The Balaban J connectivity index is 2.10. The average Bonchev–Trinajstić information content (AvgIpc) is 2.38. The van der Waals surface area contributed by atoms with Crippen LogP contribution in [0.2, 0.25) is 0 Å². The maximum Gasteiger partial charge on any atom is 0.123 e. The highest BCUT2D eigenvalue weighted by molar-refractivity contribution is 5.18. The van der Waals surface area contributed by atoms with Crippen molar-refractivity contribution in [2.24, 2.45) is 0 Å². The minimum Gasteiger partial charge on any atom is -0.394 e. The first kappa shape index (κ1) is 15.0. The van der Waals surface area contributed by atoms with Gasteiger partial charge in [-0.3, -0.25) is 0 Å². The van der Waals surface area contributed by atoms with E-state index in [9.17, 15) is 9.50 Å². The monoisotopic (exact) mass is 257 g/mol. The van der Waals surface area contributed by atoms with Crippen LogP contribution in [0, 0.1) is 5.82 Å². The van der Waals surface area contributed by atoms with E-state index in [-0.39, 0.29) is 12.4 Å². The van der Waals surface area contributed by atoms with E-state index in [1.54, 1.807) is 12.1 Å². The number of rotatable bonds is 9. The van der Waals surface area contributed by atoms with E-state index in [4.69, 9.17) is 9.84 Å². The summed E-state index contributed by atoms with van der Waals surface area (Å²) >= 11 is 0. The van der Waals surface area contributed by atoms with Crippen molar-refractivity contribution in [3.63, 3.8) is 0 Å². The summed E-state index contributed by atoms with van der Waals surface area (Å²) in [7, 11) is 0. The summed E-state index contributed by atoms with van der Waals surface area (Å²) in [5.41, 5.74) is 0.695. The third-order valence-corrected chi connectivity index (χ3v) is 2.47. The molecule has 4 nitrogen and oxygen atoms in total. The Morgan fingerprint density at radius 1 is 1.22 bits per heavy atom. The lowest BCUT2D eigenvalue weighted by molar-refractivity contribution is 0.0899. The predicted molar refractivity (Wildman–Crippen MR) is 66.8 cm³/mol. The third kappa shape index (κ3) is 6.07. The van der Waals surface area contributed by atoms with Crippen molar-refractivity contribution in [1.82, 2.24) is 5.32 Å². The lowest BCUT2D eigenvalue weighted by Gasteiger charge is -2.12. The first-order valence-corrected chi connectivity index (χ1v) is 6.07. The molecule has 0 aliphatic carbocycles. The molecule has 0 amide bonds. The fraction of sp³-hybridized carbons (Fsp3) is 0.538. The van der Waals surface area contributed by atoms with Crippen LogP contribution < -0.4 is 5.32 Å². The molecule has 102 valence electrons. The number of ether oxygens (including phenoxy) is 1. The van der Waals surface area contributed by atoms with Crippen molar-refractivity contribution < 1.29 is 19.3 Å². The maximum absolute atomic E-state index is 12.7. The Labute approximate surface area is 106 Å². The van der Waals surface area contributed by atoms with Gasteiger partial charge in [0, 0.05) is 13.2 Å². The molecular weight excluding hydrogens is 237 g/mol. The minimum absolute atomic E-state index is 0.0384. The lowest BCUT2D eigenvalue weighted by atomic mass is 10.1. The molecule has 1 aromatic rings. The minimum atomic E-state index is -0.635. The van der Waals surface area contributed by atoms with E-state index in [2.05, 4.69) is 5.32 Å². The zero-order valence-corrected chi connectivity index (χ0v) is 10.3. The Kier molecular flexibility index (Phi) is 7.52. The van der Waals surface area contributed by atoms with Crippen molar-refractivity contribution in [1.29, 1.82) is 0 Å². The Hall–Kier alpha value is -1.01. The van der Waals surface area contributed by atoms with Crippen LogP contribution in [0.15, 0.2) is 24.3 Å². The molecule has 0 radical (unpaired) electrons. The number of hydrogen-bond acceptors (Lipinski definition) is 4. The average molecular weight is 257 g/mol. The second-order valence-corrected chi connectivity index (χ2v) is 3.96. The van der Waals surface area contributed by atoms with E-state index in [0.717, 1.165) is 13.0 Å². The Morgan fingerprint density at radius 3 is 2.61 bits per heavy atom. The van der Waals surface area contributed by atoms with Gasteiger partial charge in [-0.25, -0.2) is 4.39 Å². The number of aliphatic hydroxyl groups excluding tert-OH is 2. The zero-order valence-electron chi connectivity index (χ0n) is 10.3. The molecule has 1 atom stereocenters. The van der Waals surface area contributed by atoms with Crippen LogP contribution in [0.3, 0.4) is 0 Å². The molecule has 18 heavy (non-hydrogen) atoms. The number of benzene rings is 1. The fourth-order valence-electron chi connectivity index (χ4n) is 1.51. The van der Waals surface area contributed by atoms with Crippen molar-refractivity contribution in [2.45, 2.75) is 12.5 Å². The third-order valence-electron chi connectivity index (χ3n) is 2.47. The summed E-state index contributed by atoms with van der Waals surface area (Å²) < 4.78 is 17.8. The SMILES string of the molecule is OCCOCCCNCC(O)c1ccc(F)cc1. The zero-order chi connectivity index (χ0) is 13.2. The highest BCUT2D eigenvalue weighted by atomic mass is 19.1. The van der Waals surface area contributed by atoms with Gasteiger partial charge in [-0.1, -0.05) is 12.1 Å². The number of nitrogens with one attached hydrogen (secondary N) is 1. The lowest BCUT2D eigenvalue weighted by Crippen LogP contribution is -2.23. The molecule has 0 spiro atoms. The second-order valence-electron chi connectivity index (χ2n) is 3.96. The summed E-state index contributed by atoms with van der Waals surface area (Å²) in [6, 6.07) is 5.82. The van der Waals surface area contributed by atoms with Gasteiger partial charge in [-0.2, -0.15) is 0 Å². The van der Waals surface area contributed by atoms with Crippen molar-refractivity contribution in [2.75, 3.05) is 32.9 Å². The van der Waals surface area contributed by atoms with Crippen LogP contribution in [0.4, 0.5) is 4.39 Å². The van der Waals surface area contributed by atoms with Crippen LogP contribution in [-0.4, -0.2) is 43.1 Å². The van der Waals surface area contributed by atoms with Crippen molar-refractivity contribution in [3.05, 3.63) is 35.6 Å². The molecule has 0 bridgehead atoms. The van der Waals surface area contributed by atoms with Gasteiger partial charge >= 0.3 is 0 Å². The highest BCUT2D eigenvalue weighted by Crippen LogP contribution is 2.12. The number of hydrogen-bond donors (Lipinski definition) is 3. The maximum atomic E-state index is 12.7. The molecular formula is C13H20FNO3. The molecule has 0 aliphatic rings. The van der Waals surface area contributed by atoms with Crippen molar-refractivity contribution in [3.8, 4) is 0 Å². The molecule has 0 aliphatic heterocycles. The molecule has 1 unspecified atom stereocenters. The molecule has 0 saturated heterocycles.